The average molecular weight is 255 g/mol. The second-order valence-corrected chi connectivity index (χ2v) is 4.75. The maximum Gasteiger partial charge on any atom is 0.188 e. The summed E-state index contributed by atoms with van der Waals surface area (Å²) >= 11 is 0. The minimum absolute atomic E-state index is 0.0561. The van der Waals surface area contributed by atoms with E-state index in [0.717, 1.165) is 30.8 Å². The zero-order valence-corrected chi connectivity index (χ0v) is 11.0. The number of carbonyl (C=O) groups is 1. The third-order valence-corrected chi connectivity index (χ3v) is 3.67. The highest BCUT2D eigenvalue weighted by Gasteiger charge is 2.28. The quantitative estimate of drug-likeness (QED) is 0.858. The first-order valence-electron chi connectivity index (χ1n) is 6.70. The number of Topliss-reactive ketones (excluding diaryl/α,β-unsaturated/α-hetero) is 1. The fourth-order valence-corrected chi connectivity index (χ4v) is 2.71. The molecule has 0 fully saturated rings. The average Bonchev–Trinajstić information content (AvgIpc) is 2.94. The van der Waals surface area contributed by atoms with Crippen molar-refractivity contribution in [2.75, 3.05) is 11.9 Å². The third-order valence-electron chi connectivity index (χ3n) is 3.67. The summed E-state index contributed by atoms with van der Waals surface area (Å²) in [5.74, 6) is 0.118. The van der Waals surface area contributed by atoms with Gasteiger partial charge in [-0.05, 0) is 31.0 Å². The van der Waals surface area contributed by atoms with Gasteiger partial charge in [-0.1, -0.05) is 18.2 Å². The Balaban J connectivity index is 1.98. The van der Waals surface area contributed by atoms with E-state index in [4.69, 9.17) is 0 Å². The third kappa shape index (κ3) is 2.03. The van der Waals surface area contributed by atoms with Crippen LogP contribution in [0.2, 0.25) is 0 Å². The smallest absolute Gasteiger partial charge is 0.188 e. The number of para-hydroxylation sites is 1. The highest BCUT2D eigenvalue weighted by molar-refractivity contribution is 6.00. The first-order chi connectivity index (χ1) is 9.31. The number of nitrogens with zero attached hydrogens (tertiary/aromatic N) is 2. The Morgan fingerprint density at radius 1 is 1.42 bits per heavy atom. The Hall–Kier alpha value is -2.10. The zero-order valence-electron chi connectivity index (χ0n) is 11.0. The molecule has 0 amide bonds. The lowest BCUT2D eigenvalue weighted by molar-refractivity contribution is 0.0945. The molecule has 98 valence electrons. The highest BCUT2D eigenvalue weighted by atomic mass is 16.1. The first-order valence-corrected chi connectivity index (χ1v) is 6.70. The van der Waals surface area contributed by atoms with Crippen LogP contribution in [0.3, 0.4) is 0 Å². The van der Waals surface area contributed by atoms with Gasteiger partial charge in [-0.25, -0.2) is 0 Å². The van der Waals surface area contributed by atoms with Crippen molar-refractivity contribution in [1.82, 2.24) is 9.78 Å². The molecule has 0 radical (unpaired) electrons. The van der Waals surface area contributed by atoms with Gasteiger partial charge in [0.15, 0.2) is 5.78 Å². The van der Waals surface area contributed by atoms with Crippen molar-refractivity contribution in [3.05, 3.63) is 47.8 Å². The van der Waals surface area contributed by atoms with Gasteiger partial charge >= 0.3 is 0 Å². The van der Waals surface area contributed by atoms with Gasteiger partial charge in [0.05, 0.1) is 5.92 Å². The molecule has 0 spiro atoms. The van der Waals surface area contributed by atoms with Crippen LogP contribution >= 0.6 is 0 Å². The molecule has 0 saturated carbocycles. The van der Waals surface area contributed by atoms with Gasteiger partial charge in [0.2, 0.25) is 0 Å². The summed E-state index contributed by atoms with van der Waals surface area (Å²) in [5, 5.41) is 7.53. The van der Waals surface area contributed by atoms with Gasteiger partial charge < -0.3 is 5.32 Å². The molecule has 2 aromatic rings. The lowest BCUT2D eigenvalue weighted by Crippen LogP contribution is -2.24. The molecule has 0 saturated heterocycles. The van der Waals surface area contributed by atoms with Gasteiger partial charge in [-0.15, -0.1) is 0 Å². The summed E-state index contributed by atoms with van der Waals surface area (Å²) in [7, 11) is 0. The summed E-state index contributed by atoms with van der Waals surface area (Å²) in [6, 6.07) is 9.87. The van der Waals surface area contributed by atoms with E-state index in [1.54, 1.807) is 10.9 Å². The molecule has 4 heteroatoms. The van der Waals surface area contributed by atoms with E-state index < -0.39 is 0 Å². The number of benzene rings is 1. The minimum Gasteiger partial charge on any atom is -0.385 e. The summed E-state index contributed by atoms with van der Waals surface area (Å²) in [6.07, 6.45) is 2.54. The maximum atomic E-state index is 12.7. The predicted octanol–water partition coefficient (Wildman–Crippen LogP) is 2.69. The van der Waals surface area contributed by atoms with Crippen LogP contribution in [0.25, 0.3) is 0 Å². The molecule has 4 nitrogen and oxygen atoms in total. The van der Waals surface area contributed by atoms with Crippen molar-refractivity contribution in [2.24, 2.45) is 0 Å². The molecule has 1 N–H and O–H groups in total. The van der Waals surface area contributed by atoms with Crippen molar-refractivity contribution in [1.29, 1.82) is 0 Å². The van der Waals surface area contributed by atoms with E-state index in [2.05, 4.69) is 10.4 Å². The molecule has 1 aromatic carbocycles. The SMILES string of the molecule is CCn1nccc1C(=O)C1CCNc2ccccc21. The molecule has 1 unspecified atom stereocenters. The number of rotatable bonds is 3. The minimum atomic E-state index is -0.0561. The fraction of sp³-hybridized carbons (Fsp3) is 0.333. The number of aromatic nitrogens is 2. The molecular weight excluding hydrogens is 238 g/mol. The molecule has 1 aromatic heterocycles. The Bertz CT molecular complexity index is 603. The molecule has 1 aliphatic heterocycles. The van der Waals surface area contributed by atoms with E-state index in [1.165, 1.54) is 0 Å². The molecule has 19 heavy (non-hydrogen) atoms. The lowest BCUT2D eigenvalue weighted by Gasteiger charge is -2.25. The van der Waals surface area contributed by atoms with Crippen molar-refractivity contribution >= 4 is 11.5 Å². The van der Waals surface area contributed by atoms with Gasteiger partial charge in [0, 0.05) is 25.0 Å². The van der Waals surface area contributed by atoms with Crippen LogP contribution < -0.4 is 5.32 Å². The number of hydrogen-bond donors (Lipinski definition) is 1. The fourth-order valence-electron chi connectivity index (χ4n) is 2.71. The predicted molar refractivity (Wildman–Crippen MR) is 74.5 cm³/mol. The summed E-state index contributed by atoms with van der Waals surface area (Å²) in [5.41, 5.74) is 2.89. The second-order valence-electron chi connectivity index (χ2n) is 4.75. The Kier molecular flexibility index (Phi) is 3.07. The maximum absolute atomic E-state index is 12.7. The van der Waals surface area contributed by atoms with Crippen LogP contribution in [0.5, 0.6) is 0 Å². The Morgan fingerprint density at radius 2 is 2.26 bits per heavy atom. The van der Waals surface area contributed by atoms with Gasteiger partial charge in [0.25, 0.3) is 0 Å². The molecule has 3 rings (SSSR count). The Labute approximate surface area is 112 Å². The number of anilines is 1. The summed E-state index contributed by atoms with van der Waals surface area (Å²) < 4.78 is 1.77. The normalized spacial score (nSPS) is 17.6. The van der Waals surface area contributed by atoms with Gasteiger partial charge in [0.1, 0.15) is 5.69 Å². The Morgan fingerprint density at radius 3 is 3.11 bits per heavy atom. The monoisotopic (exact) mass is 255 g/mol. The second kappa shape index (κ2) is 4.88. The molecule has 1 aliphatic rings. The number of nitrogens with one attached hydrogen (secondary N) is 1. The lowest BCUT2D eigenvalue weighted by atomic mass is 9.86. The summed E-state index contributed by atoms with van der Waals surface area (Å²) in [4.78, 5) is 12.7. The number of carbonyl (C=O) groups excluding carboxylic acids is 1. The highest BCUT2D eigenvalue weighted by Crippen LogP contribution is 2.33. The number of fused-ring (bicyclic) bond motifs is 1. The van der Waals surface area contributed by atoms with Crippen molar-refractivity contribution in [3.63, 3.8) is 0 Å². The zero-order chi connectivity index (χ0) is 13.2. The molecular formula is C15H17N3O. The van der Waals surface area contributed by atoms with Crippen LogP contribution in [-0.2, 0) is 6.54 Å². The molecule has 0 aliphatic carbocycles. The standard InChI is InChI=1S/C15H17N3O/c1-2-18-14(8-10-17-18)15(19)12-7-9-16-13-6-4-3-5-11(12)13/h3-6,8,10,12,16H,2,7,9H2,1H3. The largest absolute Gasteiger partial charge is 0.385 e. The van der Waals surface area contributed by atoms with Crippen LogP contribution in [-0.4, -0.2) is 22.1 Å². The van der Waals surface area contributed by atoms with Crippen molar-refractivity contribution in [2.45, 2.75) is 25.8 Å². The number of hydrogen-bond acceptors (Lipinski definition) is 3. The van der Waals surface area contributed by atoms with E-state index in [9.17, 15) is 4.79 Å². The molecule has 0 bridgehead atoms. The van der Waals surface area contributed by atoms with Gasteiger partial charge in [-0.2, -0.15) is 5.10 Å². The van der Waals surface area contributed by atoms with E-state index in [-0.39, 0.29) is 11.7 Å². The molecule has 1 atom stereocenters. The van der Waals surface area contributed by atoms with Crippen LogP contribution in [0.4, 0.5) is 5.69 Å². The summed E-state index contributed by atoms with van der Waals surface area (Å²) in [6.45, 7) is 3.56. The van der Waals surface area contributed by atoms with E-state index in [1.807, 2.05) is 37.3 Å². The first kappa shape index (κ1) is 12.0. The van der Waals surface area contributed by atoms with Crippen LogP contribution in [0, 0.1) is 0 Å². The van der Waals surface area contributed by atoms with Crippen molar-refractivity contribution in [3.8, 4) is 0 Å². The molecule has 2 heterocycles. The van der Waals surface area contributed by atoms with Crippen LogP contribution in [0.1, 0.15) is 35.3 Å². The number of aryl methyl sites for hydroxylation is 1. The van der Waals surface area contributed by atoms with Gasteiger partial charge in [-0.3, -0.25) is 9.48 Å². The van der Waals surface area contributed by atoms with E-state index >= 15 is 0 Å². The number of ketones is 1. The van der Waals surface area contributed by atoms with Crippen LogP contribution in [0.15, 0.2) is 36.5 Å². The van der Waals surface area contributed by atoms with Crippen molar-refractivity contribution < 1.29 is 4.79 Å². The topological polar surface area (TPSA) is 46.9 Å². The van der Waals surface area contributed by atoms with E-state index in [0.29, 0.717) is 5.69 Å².